The van der Waals surface area contributed by atoms with Gasteiger partial charge in [0, 0.05) is 6.54 Å². The van der Waals surface area contributed by atoms with Crippen LogP contribution in [-0.2, 0) is 4.79 Å². The SMILES string of the molecule is CCCNC(C)(CCN1CCCCC1)C(N)=O. The number of piperidine rings is 1. The highest BCUT2D eigenvalue weighted by Gasteiger charge is 2.30. The van der Waals surface area contributed by atoms with Crippen LogP contribution in [0.25, 0.3) is 0 Å². The second-order valence-corrected chi connectivity index (χ2v) is 5.28. The first-order valence-electron chi connectivity index (χ1n) is 6.86. The molecule has 0 spiro atoms. The quantitative estimate of drug-likeness (QED) is 0.702. The van der Waals surface area contributed by atoms with E-state index in [1.807, 2.05) is 6.92 Å². The molecule has 3 N–H and O–H groups in total. The minimum Gasteiger partial charge on any atom is -0.368 e. The minimum atomic E-state index is -0.548. The molecule has 1 saturated heterocycles. The Kier molecular flexibility index (Phi) is 5.92. The first-order chi connectivity index (χ1) is 8.08. The Bertz CT molecular complexity index is 239. The molecule has 1 aliphatic rings. The standard InChI is InChI=1S/C13H27N3O/c1-3-8-15-13(2,12(14)17)7-11-16-9-5-4-6-10-16/h15H,3-11H2,1-2H3,(H2,14,17). The molecule has 100 valence electrons. The lowest BCUT2D eigenvalue weighted by Gasteiger charge is -2.32. The Morgan fingerprint density at radius 2 is 2.00 bits per heavy atom. The predicted octanol–water partition coefficient (Wildman–Crippen LogP) is 1.11. The molecule has 0 aromatic carbocycles. The molecule has 1 unspecified atom stereocenters. The summed E-state index contributed by atoms with van der Waals surface area (Å²) in [6, 6.07) is 0. The van der Waals surface area contributed by atoms with Crippen LogP contribution in [0.15, 0.2) is 0 Å². The van der Waals surface area contributed by atoms with Crippen LogP contribution >= 0.6 is 0 Å². The van der Waals surface area contributed by atoms with Crippen molar-refractivity contribution >= 4 is 5.91 Å². The molecule has 1 amide bonds. The van der Waals surface area contributed by atoms with Crippen molar-refractivity contribution in [3.05, 3.63) is 0 Å². The van der Waals surface area contributed by atoms with Crippen LogP contribution < -0.4 is 11.1 Å². The van der Waals surface area contributed by atoms with Gasteiger partial charge in [0.25, 0.3) is 0 Å². The van der Waals surface area contributed by atoms with E-state index in [9.17, 15) is 4.79 Å². The molecule has 0 aromatic heterocycles. The molecule has 4 nitrogen and oxygen atoms in total. The summed E-state index contributed by atoms with van der Waals surface area (Å²) in [5.74, 6) is -0.233. The lowest BCUT2D eigenvalue weighted by molar-refractivity contribution is -0.124. The third kappa shape index (κ3) is 4.64. The van der Waals surface area contributed by atoms with Gasteiger partial charge in [-0.1, -0.05) is 13.3 Å². The number of carbonyl (C=O) groups excluding carboxylic acids is 1. The van der Waals surface area contributed by atoms with E-state index < -0.39 is 5.54 Å². The Morgan fingerprint density at radius 1 is 1.35 bits per heavy atom. The molecule has 1 rings (SSSR count). The fraction of sp³-hybridized carbons (Fsp3) is 0.923. The van der Waals surface area contributed by atoms with Crippen LogP contribution in [-0.4, -0.2) is 42.5 Å². The molecule has 4 heteroatoms. The van der Waals surface area contributed by atoms with Crippen molar-refractivity contribution in [3.63, 3.8) is 0 Å². The van der Waals surface area contributed by atoms with Gasteiger partial charge in [0.15, 0.2) is 0 Å². The monoisotopic (exact) mass is 241 g/mol. The van der Waals surface area contributed by atoms with E-state index in [2.05, 4.69) is 17.1 Å². The fourth-order valence-electron chi connectivity index (χ4n) is 2.26. The van der Waals surface area contributed by atoms with Gasteiger partial charge in [0.1, 0.15) is 0 Å². The van der Waals surface area contributed by atoms with Crippen LogP contribution in [0, 0.1) is 0 Å². The van der Waals surface area contributed by atoms with Crippen LogP contribution in [0.5, 0.6) is 0 Å². The number of carbonyl (C=O) groups is 1. The summed E-state index contributed by atoms with van der Waals surface area (Å²) in [6.45, 7) is 8.18. The Balaban J connectivity index is 2.39. The number of nitrogens with two attached hydrogens (primary N) is 1. The second kappa shape index (κ2) is 6.97. The fourth-order valence-corrected chi connectivity index (χ4v) is 2.26. The maximum Gasteiger partial charge on any atom is 0.237 e. The van der Waals surface area contributed by atoms with E-state index in [-0.39, 0.29) is 5.91 Å². The predicted molar refractivity (Wildman–Crippen MR) is 70.8 cm³/mol. The van der Waals surface area contributed by atoms with Gasteiger partial charge in [-0.2, -0.15) is 0 Å². The maximum absolute atomic E-state index is 11.5. The van der Waals surface area contributed by atoms with Gasteiger partial charge in [-0.15, -0.1) is 0 Å². The molecule has 1 heterocycles. The average Bonchev–Trinajstić information content (AvgIpc) is 2.35. The molecule has 1 fully saturated rings. The van der Waals surface area contributed by atoms with Crippen molar-refractivity contribution < 1.29 is 4.79 Å². The Labute approximate surface area is 105 Å². The topological polar surface area (TPSA) is 58.4 Å². The maximum atomic E-state index is 11.5. The number of nitrogens with one attached hydrogen (secondary N) is 1. The first-order valence-corrected chi connectivity index (χ1v) is 6.86. The molecule has 17 heavy (non-hydrogen) atoms. The van der Waals surface area contributed by atoms with E-state index in [1.165, 1.54) is 32.4 Å². The van der Waals surface area contributed by atoms with Gasteiger partial charge in [-0.25, -0.2) is 0 Å². The molecule has 0 radical (unpaired) electrons. The summed E-state index contributed by atoms with van der Waals surface area (Å²) in [4.78, 5) is 14.0. The molecule has 1 atom stereocenters. The van der Waals surface area contributed by atoms with Gasteiger partial charge in [0.05, 0.1) is 5.54 Å². The van der Waals surface area contributed by atoms with E-state index in [1.54, 1.807) is 0 Å². The van der Waals surface area contributed by atoms with Crippen molar-refractivity contribution in [2.24, 2.45) is 5.73 Å². The number of likely N-dealkylation sites (tertiary alicyclic amines) is 1. The largest absolute Gasteiger partial charge is 0.368 e. The molecular formula is C13H27N3O. The molecule has 0 bridgehead atoms. The van der Waals surface area contributed by atoms with Gasteiger partial charge < -0.3 is 16.0 Å². The Hall–Kier alpha value is -0.610. The number of primary amides is 1. The summed E-state index contributed by atoms with van der Waals surface area (Å²) in [5, 5.41) is 3.28. The summed E-state index contributed by atoms with van der Waals surface area (Å²) in [5.41, 5.74) is 4.96. The molecule has 0 aliphatic carbocycles. The zero-order valence-electron chi connectivity index (χ0n) is 11.3. The lowest BCUT2D eigenvalue weighted by atomic mass is 9.95. The number of nitrogens with zero attached hydrogens (tertiary/aromatic N) is 1. The highest BCUT2D eigenvalue weighted by atomic mass is 16.1. The minimum absolute atomic E-state index is 0.233. The molecular weight excluding hydrogens is 214 g/mol. The van der Waals surface area contributed by atoms with Gasteiger partial charge in [-0.05, 0) is 52.2 Å². The van der Waals surface area contributed by atoms with Gasteiger partial charge >= 0.3 is 0 Å². The smallest absolute Gasteiger partial charge is 0.237 e. The van der Waals surface area contributed by atoms with Crippen LogP contribution in [0.4, 0.5) is 0 Å². The van der Waals surface area contributed by atoms with Crippen LogP contribution in [0.3, 0.4) is 0 Å². The number of hydrogen-bond acceptors (Lipinski definition) is 3. The van der Waals surface area contributed by atoms with E-state index in [4.69, 9.17) is 5.73 Å². The summed E-state index contributed by atoms with van der Waals surface area (Å²) in [7, 11) is 0. The molecule has 0 saturated carbocycles. The zero-order valence-corrected chi connectivity index (χ0v) is 11.3. The second-order valence-electron chi connectivity index (χ2n) is 5.28. The van der Waals surface area contributed by atoms with E-state index >= 15 is 0 Å². The Morgan fingerprint density at radius 3 is 2.53 bits per heavy atom. The summed E-state index contributed by atoms with van der Waals surface area (Å²) < 4.78 is 0. The van der Waals surface area contributed by atoms with E-state index in [0.717, 1.165) is 25.9 Å². The molecule has 0 aromatic rings. The van der Waals surface area contributed by atoms with Crippen LogP contribution in [0.1, 0.15) is 46.0 Å². The van der Waals surface area contributed by atoms with Crippen molar-refractivity contribution in [1.82, 2.24) is 10.2 Å². The van der Waals surface area contributed by atoms with E-state index in [0.29, 0.717) is 0 Å². The van der Waals surface area contributed by atoms with Crippen LogP contribution in [0.2, 0.25) is 0 Å². The number of rotatable bonds is 7. The zero-order chi connectivity index (χ0) is 12.7. The van der Waals surface area contributed by atoms with Gasteiger partial charge in [0.2, 0.25) is 5.91 Å². The molecule has 1 aliphatic heterocycles. The first kappa shape index (κ1) is 14.5. The third-order valence-corrected chi connectivity index (χ3v) is 3.69. The lowest BCUT2D eigenvalue weighted by Crippen LogP contribution is -2.55. The van der Waals surface area contributed by atoms with Crippen molar-refractivity contribution in [3.8, 4) is 0 Å². The number of amides is 1. The van der Waals surface area contributed by atoms with Crippen molar-refractivity contribution in [1.29, 1.82) is 0 Å². The van der Waals surface area contributed by atoms with Gasteiger partial charge in [-0.3, -0.25) is 4.79 Å². The normalized spacial score (nSPS) is 21.1. The summed E-state index contributed by atoms with van der Waals surface area (Å²) >= 11 is 0. The van der Waals surface area contributed by atoms with Crippen molar-refractivity contribution in [2.75, 3.05) is 26.2 Å². The highest BCUT2D eigenvalue weighted by molar-refractivity contribution is 5.84. The summed E-state index contributed by atoms with van der Waals surface area (Å²) in [6.07, 6.45) is 5.75. The average molecular weight is 241 g/mol. The third-order valence-electron chi connectivity index (χ3n) is 3.69. The highest BCUT2D eigenvalue weighted by Crippen LogP contribution is 2.14. The number of hydrogen-bond donors (Lipinski definition) is 2. The van der Waals surface area contributed by atoms with Crippen molar-refractivity contribution in [2.45, 2.75) is 51.5 Å².